The number of hydrogen-bond acceptors (Lipinski definition) is 2. The first-order valence-electron chi connectivity index (χ1n) is 7.67. The molecule has 2 aliphatic rings. The molecule has 2 heteroatoms. The number of phenolic OH excluding ortho intramolecular Hbond substituents is 1. The topological polar surface area (TPSA) is 37.3 Å². The first kappa shape index (κ1) is 14.6. The number of aromatic hydroxyl groups is 1. The van der Waals surface area contributed by atoms with Gasteiger partial charge in [-0.15, -0.1) is 0 Å². The Morgan fingerprint density at radius 3 is 2.36 bits per heavy atom. The second-order valence-corrected chi connectivity index (χ2v) is 5.92. The van der Waals surface area contributed by atoms with Crippen LogP contribution < -0.4 is 0 Å². The van der Waals surface area contributed by atoms with E-state index in [9.17, 15) is 9.90 Å². The Hall–Kier alpha value is -2.35. The van der Waals surface area contributed by atoms with Crippen molar-refractivity contribution in [2.45, 2.75) is 33.1 Å². The third kappa shape index (κ3) is 2.57. The van der Waals surface area contributed by atoms with Crippen LogP contribution in [0.3, 0.4) is 0 Å². The summed E-state index contributed by atoms with van der Waals surface area (Å²) in [6.45, 7) is 4.37. The molecule has 0 aliphatic heterocycles. The van der Waals surface area contributed by atoms with Crippen molar-refractivity contribution >= 4 is 11.4 Å². The van der Waals surface area contributed by atoms with Crippen molar-refractivity contribution in [2.24, 2.45) is 0 Å². The highest BCUT2D eigenvalue weighted by Crippen LogP contribution is 2.29. The maximum Gasteiger partial charge on any atom is 0.163 e. The number of aryl methyl sites for hydroxylation is 1. The van der Waals surface area contributed by atoms with Gasteiger partial charge >= 0.3 is 0 Å². The number of benzene rings is 2. The fraction of sp³-hybridized carbons (Fsp3) is 0.250. The molecule has 112 valence electrons. The average Bonchev–Trinajstić information content (AvgIpc) is 3.07. The molecule has 2 aliphatic carbocycles. The minimum Gasteiger partial charge on any atom is -0.508 e. The largest absolute Gasteiger partial charge is 0.508 e. The van der Waals surface area contributed by atoms with Crippen LogP contribution in [0.25, 0.3) is 5.57 Å². The monoisotopic (exact) mass is 292 g/mol. The molecule has 0 amide bonds. The summed E-state index contributed by atoms with van der Waals surface area (Å²) in [6, 6.07) is 11.6. The minimum absolute atomic E-state index is 0.149. The smallest absolute Gasteiger partial charge is 0.163 e. The maximum absolute atomic E-state index is 11.1. The van der Waals surface area contributed by atoms with Gasteiger partial charge in [-0.2, -0.15) is 0 Å². The summed E-state index contributed by atoms with van der Waals surface area (Å²) >= 11 is 0. The lowest BCUT2D eigenvalue weighted by Crippen LogP contribution is -1.89. The van der Waals surface area contributed by atoms with Gasteiger partial charge < -0.3 is 5.11 Å². The summed E-state index contributed by atoms with van der Waals surface area (Å²) < 4.78 is 0. The lowest BCUT2D eigenvalue weighted by molar-refractivity contribution is 0.0994. The number of carbonyl (C=O) groups excluding carboxylic acids is 1. The van der Waals surface area contributed by atoms with E-state index in [0.29, 0.717) is 18.4 Å². The minimum atomic E-state index is 0.149. The van der Waals surface area contributed by atoms with E-state index in [1.54, 1.807) is 18.2 Å². The van der Waals surface area contributed by atoms with Gasteiger partial charge in [0.1, 0.15) is 5.75 Å². The van der Waals surface area contributed by atoms with Gasteiger partial charge in [0.25, 0.3) is 0 Å². The van der Waals surface area contributed by atoms with Crippen LogP contribution in [0.15, 0.2) is 42.5 Å². The molecular formula is C20H20O2. The zero-order chi connectivity index (χ0) is 15.7. The molecule has 0 aromatic heterocycles. The third-order valence-electron chi connectivity index (χ3n) is 4.50. The summed E-state index contributed by atoms with van der Waals surface area (Å²) in [5.74, 6) is 0.407. The number of carbonyl (C=O) groups is 1. The third-order valence-corrected chi connectivity index (χ3v) is 4.50. The highest BCUT2D eigenvalue weighted by Gasteiger charge is 2.21. The maximum atomic E-state index is 11.1. The lowest BCUT2D eigenvalue weighted by atomic mass is 10.0. The molecule has 0 bridgehead atoms. The Bertz CT molecular complexity index is 763. The van der Waals surface area contributed by atoms with E-state index in [1.165, 1.54) is 22.3 Å². The summed E-state index contributed by atoms with van der Waals surface area (Å²) in [7, 11) is 0. The Balaban J connectivity index is 0.000000131. The molecule has 4 rings (SSSR count). The van der Waals surface area contributed by atoms with Gasteiger partial charge in [-0.25, -0.2) is 0 Å². The fourth-order valence-corrected chi connectivity index (χ4v) is 3.18. The number of ketones is 1. The normalized spacial score (nSPS) is 14.8. The molecule has 0 unspecified atom stereocenters. The molecular weight excluding hydrogens is 272 g/mol. The molecule has 22 heavy (non-hydrogen) atoms. The van der Waals surface area contributed by atoms with Gasteiger partial charge in [0.05, 0.1) is 0 Å². The number of Topliss-reactive ketones (excluding diaryl/α,β-unsaturated/α-hetero) is 1. The molecule has 0 spiro atoms. The van der Waals surface area contributed by atoms with Crippen molar-refractivity contribution < 1.29 is 9.90 Å². The first-order chi connectivity index (χ1) is 10.6. The summed E-state index contributed by atoms with van der Waals surface area (Å²) in [5, 5.41) is 9.30. The van der Waals surface area contributed by atoms with E-state index in [0.717, 1.165) is 12.0 Å². The Kier molecular flexibility index (Phi) is 3.84. The predicted molar refractivity (Wildman–Crippen MR) is 89.3 cm³/mol. The first-order valence-corrected chi connectivity index (χ1v) is 7.67. The van der Waals surface area contributed by atoms with Crippen molar-refractivity contribution in [3.63, 3.8) is 0 Å². The summed E-state index contributed by atoms with van der Waals surface area (Å²) in [5.41, 5.74) is 7.34. The van der Waals surface area contributed by atoms with Crippen molar-refractivity contribution in [1.82, 2.24) is 0 Å². The van der Waals surface area contributed by atoms with Gasteiger partial charge in [0.2, 0.25) is 0 Å². The van der Waals surface area contributed by atoms with E-state index in [4.69, 9.17) is 0 Å². The highest BCUT2D eigenvalue weighted by atomic mass is 16.3. The van der Waals surface area contributed by atoms with E-state index in [1.807, 2.05) is 0 Å². The second kappa shape index (κ2) is 5.80. The molecule has 2 aromatic rings. The number of rotatable bonds is 0. The van der Waals surface area contributed by atoms with Crippen LogP contribution in [0.2, 0.25) is 0 Å². The number of hydrogen-bond donors (Lipinski definition) is 1. The standard InChI is InChI=1S/C11H12.C9H8O2/c1-8-4-3-5-10-9(2)6-7-11(8)10;10-8-3-1-2-6-7(8)4-5-9(6)11/h3-6H,7H2,1-2H3;1-3,10H,4-5H2. The van der Waals surface area contributed by atoms with Crippen molar-refractivity contribution in [3.05, 3.63) is 70.3 Å². The van der Waals surface area contributed by atoms with Gasteiger partial charge in [-0.1, -0.05) is 36.4 Å². The second-order valence-electron chi connectivity index (χ2n) is 5.92. The highest BCUT2D eigenvalue weighted by molar-refractivity contribution is 6.01. The van der Waals surface area contributed by atoms with Gasteiger partial charge in [-0.3, -0.25) is 4.79 Å². The van der Waals surface area contributed by atoms with Crippen molar-refractivity contribution in [3.8, 4) is 5.75 Å². The summed E-state index contributed by atoms with van der Waals surface area (Å²) in [4.78, 5) is 11.1. The van der Waals surface area contributed by atoms with Crippen LogP contribution in [0, 0.1) is 6.92 Å². The van der Waals surface area contributed by atoms with E-state index < -0.39 is 0 Å². The van der Waals surface area contributed by atoms with Crippen LogP contribution in [0.5, 0.6) is 5.75 Å². The van der Waals surface area contributed by atoms with Crippen LogP contribution in [-0.2, 0) is 12.8 Å². The fourth-order valence-electron chi connectivity index (χ4n) is 3.18. The number of allylic oxidation sites excluding steroid dienone is 2. The number of phenols is 1. The van der Waals surface area contributed by atoms with Crippen LogP contribution in [0.4, 0.5) is 0 Å². The zero-order valence-corrected chi connectivity index (χ0v) is 13.0. The molecule has 0 fully saturated rings. The Morgan fingerprint density at radius 1 is 0.909 bits per heavy atom. The molecule has 2 nitrogen and oxygen atoms in total. The van der Waals surface area contributed by atoms with Crippen LogP contribution >= 0.6 is 0 Å². The van der Waals surface area contributed by atoms with Crippen molar-refractivity contribution in [2.75, 3.05) is 0 Å². The molecule has 0 saturated heterocycles. The predicted octanol–water partition coefficient (Wildman–Crippen LogP) is 4.48. The average molecular weight is 292 g/mol. The van der Waals surface area contributed by atoms with Crippen LogP contribution in [-0.4, -0.2) is 10.9 Å². The van der Waals surface area contributed by atoms with Crippen molar-refractivity contribution in [1.29, 1.82) is 0 Å². The summed E-state index contributed by atoms with van der Waals surface area (Å²) in [6.07, 6.45) is 4.68. The lowest BCUT2D eigenvalue weighted by Gasteiger charge is -2.03. The quantitative estimate of drug-likeness (QED) is 0.777. The van der Waals surface area contributed by atoms with E-state index in [-0.39, 0.29) is 11.5 Å². The van der Waals surface area contributed by atoms with Gasteiger partial charge in [0, 0.05) is 17.5 Å². The van der Waals surface area contributed by atoms with Crippen LogP contribution in [0.1, 0.15) is 46.0 Å². The molecule has 0 atom stereocenters. The van der Waals surface area contributed by atoms with E-state index >= 15 is 0 Å². The Morgan fingerprint density at radius 2 is 1.64 bits per heavy atom. The Labute approximate surface area is 131 Å². The molecule has 1 N–H and O–H groups in total. The number of fused-ring (bicyclic) bond motifs is 2. The molecule has 0 saturated carbocycles. The van der Waals surface area contributed by atoms with E-state index in [2.05, 4.69) is 38.1 Å². The van der Waals surface area contributed by atoms with Gasteiger partial charge in [-0.05, 0) is 55.0 Å². The molecule has 0 radical (unpaired) electrons. The SMILES string of the molecule is CC1=CCc2c(C)cccc21.O=C1CCc2c(O)cccc21. The zero-order valence-electron chi connectivity index (χ0n) is 13.0. The molecule has 0 heterocycles. The molecule has 2 aromatic carbocycles. The van der Waals surface area contributed by atoms with Gasteiger partial charge in [0.15, 0.2) is 5.78 Å².